The Bertz CT molecular complexity index is 586. The molecule has 1 aromatic carbocycles. The molecule has 0 bridgehead atoms. The maximum Gasteiger partial charge on any atom is 0.174 e. The van der Waals surface area contributed by atoms with Gasteiger partial charge in [-0.15, -0.1) is 11.3 Å². The minimum Gasteiger partial charge on any atom is -0.294 e. The van der Waals surface area contributed by atoms with Crippen LogP contribution in [0.2, 0.25) is 5.02 Å². The zero-order valence-electron chi connectivity index (χ0n) is 8.84. The van der Waals surface area contributed by atoms with Crippen molar-refractivity contribution in [2.75, 3.05) is 0 Å². The lowest BCUT2D eigenvalue weighted by Crippen LogP contribution is -2.09. The summed E-state index contributed by atoms with van der Waals surface area (Å²) in [7, 11) is 0. The van der Waals surface area contributed by atoms with Gasteiger partial charge in [0.1, 0.15) is 17.5 Å². The molecule has 0 aliphatic rings. The number of thiophene rings is 1. The van der Waals surface area contributed by atoms with Crippen LogP contribution in [0.25, 0.3) is 0 Å². The van der Waals surface area contributed by atoms with Crippen molar-refractivity contribution in [3.8, 4) is 0 Å². The minimum absolute atomic E-state index is 0.212. The second kappa shape index (κ2) is 5.12. The predicted octanol–water partition coefficient (Wildman–Crippen LogP) is 4.24. The number of carbonyl (C=O) groups is 1. The maximum absolute atomic E-state index is 13.4. The zero-order valence-corrected chi connectivity index (χ0v) is 10.4. The summed E-state index contributed by atoms with van der Waals surface area (Å²) in [5, 5.41) is 2.04. The Labute approximate surface area is 110 Å². The highest BCUT2D eigenvalue weighted by Crippen LogP contribution is 2.25. The van der Waals surface area contributed by atoms with E-state index in [1.807, 2.05) is 0 Å². The van der Waals surface area contributed by atoms with Crippen LogP contribution in [0.3, 0.4) is 0 Å². The van der Waals surface area contributed by atoms with Crippen LogP contribution in [0, 0.1) is 17.5 Å². The van der Waals surface area contributed by atoms with Gasteiger partial charge in [0.15, 0.2) is 5.78 Å². The smallest absolute Gasteiger partial charge is 0.174 e. The van der Waals surface area contributed by atoms with Gasteiger partial charge in [0.25, 0.3) is 0 Å². The summed E-state index contributed by atoms with van der Waals surface area (Å²) in [5.41, 5.74) is -0.735. The fourth-order valence-electron chi connectivity index (χ4n) is 1.49. The van der Waals surface area contributed by atoms with Crippen LogP contribution in [0.15, 0.2) is 23.6 Å². The van der Waals surface area contributed by atoms with Crippen LogP contribution >= 0.6 is 22.9 Å². The second-order valence-corrected chi connectivity index (χ2v) is 4.94. The highest BCUT2D eigenvalue weighted by molar-refractivity contribution is 7.10. The maximum atomic E-state index is 13.4. The molecule has 0 spiro atoms. The fraction of sp³-hybridized carbons (Fsp3) is 0.0833. The molecule has 1 heterocycles. The average Bonchev–Trinajstić information content (AvgIpc) is 2.62. The standard InChI is InChI=1S/C12H6ClF3OS/c13-7-1-2-18-11(7)5-10(17)12-8(15)3-6(14)4-9(12)16/h1-4H,5H2. The topological polar surface area (TPSA) is 17.1 Å². The molecule has 2 rings (SSSR count). The van der Waals surface area contributed by atoms with Crippen molar-refractivity contribution in [3.63, 3.8) is 0 Å². The van der Waals surface area contributed by atoms with E-state index in [0.717, 1.165) is 0 Å². The number of hydrogen-bond donors (Lipinski definition) is 0. The molecule has 0 unspecified atom stereocenters. The lowest BCUT2D eigenvalue weighted by molar-refractivity contribution is 0.0985. The molecular formula is C12H6ClF3OS. The molecule has 0 atom stereocenters. The van der Waals surface area contributed by atoms with Gasteiger partial charge in [0, 0.05) is 23.4 Å². The Morgan fingerprint density at radius 1 is 1.22 bits per heavy atom. The van der Waals surface area contributed by atoms with E-state index in [2.05, 4.69) is 0 Å². The van der Waals surface area contributed by atoms with Gasteiger partial charge in [-0.3, -0.25) is 4.79 Å². The lowest BCUT2D eigenvalue weighted by Gasteiger charge is -2.04. The predicted molar refractivity (Wildman–Crippen MR) is 63.7 cm³/mol. The molecule has 0 radical (unpaired) electrons. The third kappa shape index (κ3) is 2.57. The lowest BCUT2D eigenvalue weighted by atomic mass is 10.1. The molecule has 2 aromatic rings. The summed E-state index contributed by atoms with van der Waals surface area (Å²) >= 11 is 7.00. The van der Waals surface area contributed by atoms with E-state index in [9.17, 15) is 18.0 Å². The first-order valence-corrected chi connectivity index (χ1v) is 6.14. The normalized spacial score (nSPS) is 10.7. The number of hydrogen-bond acceptors (Lipinski definition) is 2. The van der Waals surface area contributed by atoms with Crippen molar-refractivity contribution in [1.29, 1.82) is 0 Å². The van der Waals surface area contributed by atoms with E-state index in [1.54, 1.807) is 11.4 Å². The summed E-state index contributed by atoms with van der Waals surface area (Å²) in [5.74, 6) is -4.24. The molecule has 0 N–H and O–H groups in total. The van der Waals surface area contributed by atoms with E-state index in [4.69, 9.17) is 11.6 Å². The van der Waals surface area contributed by atoms with Crippen LogP contribution in [-0.2, 0) is 6.42 Å². The molecule has 0 saturated carbocycles. The fourth-order valence-corrected chi connectivity index (χ4v) is 2.60. The molecular weight excluding hydrogens is 285 g/mol. The Morgan fingerprint density at radius 2 is 1.83 bits per heavy atom. The van der Waals surface area contributed by atoms with Gasteiger partial charge < -0.3 is 0 Å². The number of Topliss-reactive ketones (excluding diaryl/α,β-unsaturated/α-hetero) is 1. The summed E-state index contributed by atoms with van der Waals surface area (Å²) < 4.78 is 39.4. The molecule has 1 aromatic heterocycles. The van der Waals surface area contributed by atoms with Gasteiger partial charge in [-0.05, 0) is 11.4 Å². The van der Waals surface area contributed by atoms with E-state index in [0.29, 0.717) is 22.0 Å². The van der Waals surface area contributed by atoms with Gasteiger partial charge in [-0.1, -0.05) is 11.6 Å². The molecule has 94 valence electrons. The van der Waals surface area contributed by atoms with Crippen LogP contribution < -0.4 is 0 Å². The monoisotopic (exact) mass is 290 g/mol. The number of carbonyl (C=O) groups excluding carboxylic acids is 1. The molecule has 0 saturated heterocycles. The number of benzene rings is 1. The van der Waals surface area contributed by atoms with Crippen molar-refractivity contribution in [3.05, 3.63) is 56.5 Å². The third-order valence-corrected chi connectivity index (χ3v) is 3.68. The molecule has 1 nitrogen and oxygen atoms in total. The van der Waals surface area contributed by atoms with Crippen LogP contribution in [0.4, 0.5) is 13.2 Å². The molecule has 0 aliphatic heterocycles. The van der Waals surface area contributed by atoms with Crippen molar-refractivity contribution in [1.82, 2.24) is 0 Å². The Kier molecular flexibility index (Phi) is 3.73. The first-order valence-electron chi connectivity index (χ1n) is 4.88. The third-order valence-electron chi connectivity index (χ3n) is 2.30. The Morgan fingerprint density at radius 3 is 2.33 bits per heavy atom. The molecule has 0 aliphatic carbocycles. The van der Waals surface area contributed by atoms with Crippen LogP contribution in [-0.4, -0.2) is 5.78 Å². The molecule has 6 heteroatoms. The van der Waals surface area contributed by atoms with Crippen LogP contribution in [0.5, 0.6) is 0 Å². The largest absolute Gasteiger partial charge is 0.294 e. The van der Waals surface area contributed by atoms with Gasteiger partial charge in [-0.2, -0.15) is 0 Å². The van der Waals surface area contributed by atoms with Gasteiger partial charge in [0.05, 0.1) is 10.6 Å². The van der Waals surface area contributed by atoms with Crippen LogP contribution in [0.1, 0.15) is 15.2 Å². The van der Waals surface area contributed by atoms with Gasteiger partial charge in [-0.25, -0.2) is 13.2 Å². The number of ketones is 1. The highest BCUT2D eigenvalue weighted by Gasteiger charge is 2.20. The van der Waals surface area contributed by atoms with Crippen molar-refractivity contribution in [2.24, 2.45) is 0 Å². The first-order chi connectivity index (χ1) is 8.49. The van der Waals surface area contributed by atoms with E-state index < -0.39 is 28.8 Å². The SMILES string of the molecule is O=C(Cc1sccc1Cl)c1c(F)cc(F)cc1F. The average molecular weight is 291 g/mol. The molecule has 18 heavy (non-hydrogen) atoms. The summed E-state index contributed by atoms with van der Waals surface area (Å²) in [6.07, 6.45) is -0.212. The highest BCUT2D eigenvalue weighted by atomic mass is 35.5. The zero-order chi connectivity index (χ0) is 13.3. The summed E-state index contributed by atoms with van der Waals surface area (Å²) in [6.45, 7) is 0. The number of halogens is 4. The minimum atomic E-state index is -1.20. The van der Waals surface area contributed by atoms with E-state index in [-0.39, 0.29) is 6.42 Å². The Hall–Kier alpha value is -1.33. The van der Waals surface area contributed by atoms with E-state index in [1.165, 1.54) is 11.3 Å². The quantitative estimate of drug-likeness (QED) is 0.773. The molecule has 0 fully saturated rings. The Balaban J connectivity index is 2.33. The summed E-state index contributed by atoms with van der Waals surface area (Å²) in [6, 6.07) is 2.55. The van der Waals surface area contributed by atoms with Crippen molar-refractivity contribution < 1.29 is 18.0 Å². The summed E-state index contributed by atoms with van der Waals surface area (Å²) in [4.78, 5) is 12.3. The number of rotatable bonds is 3. The first kappa shape index (κ1) is 13.1. The van der Waals surface area contributed by atoms with Gasteiger partial charge in [0.2, 0.25) is 0 Å². The van der Waals surface area contributed by atoms with E-state index >= 15 is 0 Å². The molecule has 0 amide bonds. The second-order valence-electron chi connectivity index (χ2n) is 3.54. The van der Waals surface area contributed by atoms with Gasteiger partial charge >= 0.3 is 0 Å². The van der Waals surface area contributed by atoms with Crippen molar-refractivity contribution in [2.45, 2.75) is 6.42 Å². The van der Waals surface area contributed by atoms with Crippen molar-refractivity contribution >= 4 is 28.7 Å².